The highest BCUT2D eigenvalue weighted by atomic mass is 16.2. The van der Waals surface area contributed by atoms with Crippen LogP contribution in [-0.2, 0) is 7.05 Å². The van der Waals surface area contributed by atoms with E-state index in [1.165, 1.54) is 31.5 Å². The Hall–Kier alpha value is -2.07. The van der Waals surface area contributed by atoms with Crippen molar-refractivity contribution in [2.75, 3.05) is 19.6 Å². The maximum Gasteiger partial charge on any atom is 0.268 e. The normalized spacial score (nSPS) is 25.7. The van der Waals surface area contributed by atoms with Gasteiger partial charge in [-0.2, -0.15) is 0 Å². The molecule has 126 valence electrons. The van der Waals surface area contributed by atoms with Crippen molar-refractivity contribution >= 4 is 5.91 Å². The fourth-order valence-corrected chi connectivity index (χ4v) is 4.12. The second-order valence-electron chi connectivity index (χ2n) is 7.25. The topological polar surface area (TPSA) is 37.3 Å². The molecule has 0 unspecified atom stereocenters. The van der Waals surface area contributed by atoms with E-state index in [2.05, 4.69) is 41.4 Å². The lowest BCUT2D eigenvalue weighted by Crippen LogP contribution is -2.57. The summed E-state index contributed by atoms with van der Waals surface area (Å²) in [5.74, 6) is 0.699. The molecule has 1 aromatic carbocycles. The minimum Gasteiger partial charge on any atom is -0.346 e. The molecule has 3 saturated heterocycles. The Kier molecular flexibility index (Phi) is 3.93. The van der Waals surface area contributed by atoms with E-state index in [1.54, 1.807) is 0 Å². The highest BCUT2D eigenvalue weighted by molar-refractivity contribution is 5.94. The maximum absolute atomic E-state index is 12.8. The van der Waals surface area contributed by atoms with Gasteiger partial charge in [-0.3, -0.25) is 4.79 Å². The van der Waals surface area contributed by atoms with Crippen LogP contribution in [-0.4, -0.2) is 41.1 Å². The second kappa shape index (κ2) is 6.10. The Morgan fingerprint density at radius 2 is 1.79 bits per heavy atom. The second-order valence-corrected chi connectivity index (χ2v) is 7.25. The lowest BCUT2D eigenvalue weighted by molar-refractivity contribution is 0.0616. The molecule has 24 heavy (non-hydrogen) atoms. The first-order chi connectivity index (χ1) is 11.6. The molecule has 3 fully saturated rings. The number of aryl methyl sites for hydroxylation is 1. The quantitative estimate of drug-likeness (QED) is 0.943. The van der Waals surface area contributed by atoms with Crippen molar-refractivity contribution in [3.8, 4) is 11.3 Å². The van der Waals surface area contributed by atoms with Crippen LogP contribution in [0.25, 0.3) is 11.3 Å². The molecule has 2 aromatic rings. The summed E-state index contributed by atoms with van der Waals surface area (Å²) in [6.07, 6.45) is 2.43. The van der Waals surface area contributed by atoms with E-state index in [0.717, 1.165) is 23.5 Å². The van der Waals surface area contributed by atoms with Gasteiger partial charge in [0.25, 0.3) is 5.91 Å². The van der Waals surface area contributed by atoms with Crippen molar-refractivity contribution in [1.29, 1.82) is 0 Å². The number of hydrogen-bond acceptors (Lipinski definition) is 2. The van der Waals surface area contributed by atoms with E-state index in [1.807, 2.05) is 23.7 Å². The molecule has 1 amide bonds. The molecule has 1 N–H and O–H groups in total. The zero-order valence-electron chi connectivity index (χ0n) is 14.5. The summed E-state index contributed by atoms with van der Waals surface area (Å²) < 4.78 is 2.00. The van der Waals surface area contributed by atoms with Crippen LogP contribution in [0.4, 0.5) is 0 Å². The molecular formula is C20H25N3O. The predicted molar refractivity (Wildman–Crippen MR) is 96.0 cm³/mol. The van der Waals surface area contributed by atoms with E-state index in [0.29, 0.717) is 12.0 Å². The number of nitrogens with zero attached hydrogens (tertiary/aromatic N) is 2. The number of fused-ring (bicyclic) bond motifs is 3. The van der Waals surface area contributed by atoms with Crippen LogP contribution < -0.4 is 5.32 Å². The summed E-state index contributed by atoms with van der Waals surface area (Å²) in [6, 6.07) is 12.7. The summed E-state index contributed by atoms with van der Waals surface area (Å²) in [6.45, 7) is 5.48. The Labute approximate surface area is 143 Å². The number of rotatable bonds is 3. The fraction of sp³-hybridized carbons (Fsp3) is 0.450. The minimum atomic E-state index is 0.0506. The summed E-state index contributed by atoms with van der Waals surface area (Å²) in [5, 5.41) is 3.28. The third-order valence-corrected chi connectivity index (χ3v) is 5.67. The van der Waals surface area contributed by atoms with Gasteiger partial charge in [0.1, 0.15) is 5.69 Å². The first-order valence-electron chi connectivity index (χ1n) is 8.88. The van der Waals surface area contributed by atoms with Gasteiger partial charge in [-0.1, -0.05) is 29.8 Å². The monoisotopic (exact) mass is 323 g/mol. The van der Waals surface area contributed by atoms with E-state index < -0.39 is 0 Å². The van der Waals surface area contributed by atoms with Gasteiger partial charge in [0, 0.05) is 25.3 Å². The SMILES string of the molecule is Cc1ccc(-c2ccc(C(=O)N[C@H]3CN4CCC3CC4)n2C)cc1. The van der Waals surface area contributed by atoms with Gasteiger partial charge in [-0.05, 0) is 56.5 Å². The summed E-state index contributed by atoms with van der Waals surface area (Å²) in [7, 11) is 1.97. The summed E-state index contributed by atoms with van der Waals surface area (Å²) >= 11 is 0. The van der Waals surface area contributed by atoms with Gasteiger partial charge in [0.15, 0.2) is 0 Å². The molecule has 2 bridgehead atoms. The lowest BCUT2D eigenvalue weighted by Gasteiger charge is -2.44. The molecule has 4 heterocycles. The largest absolute Gasteiger partial charge is 0.346 e. The number of hydrogen-bond donors (Lipinski definition) is 1. The van der Waals surface area contributed by atoms with Gasteiger partial charge in [-0.15, -0.1) is 0 Å². The molecule has 0 spiro atoms. The molecule has 1 atom stereocenters. The van der Waals surface area contributed by atoms with Gasteiger partial charge in [-0.25, -0.2) is 0 Å². The number of nitrogens with one attached hydrogen (secondary N) is 1. The number of carbonyl (C=O) groups is 1. The van der Waals surface area contributed by atoms with E-state index in [9.17, 15) is 4.79 Å². The summed E-state index contributed by atoms with van der Waals surface area (Å²) in [4.78, 5) is 15.2. The standard InChI is InChI=1S/C20H25N3O/c1-14-3-5-16(6-4-14)18-7-8-19(22(18)2)20(24)21-17-13-23-11-9-15(17)10-12-23/h3-8,15,17H,9-13H2,1-2H3,(H,21,24)/t17-/m0/s1. The zero-order chi connectivity index (χ0) is 16.7. The molecule has 0 aliphatic carbocycles. The van der Waals surface area contributed by atoms with Crippen molar-refractivity contribution in [3.05, 3.63) is 47.7 Å². The van der Waals surface area contributed by atoms with Crippen LogP contribution in [0, 0.1) is 12.8 Å². The third kappa shape index (κ3) is 2.75. The number of carbonyl (C=O) groups excluding carboxylic acids is 1. The third-order valence-electron chi connectivity index (χ3n) is 5.67. The van der Waals surface area contributed by atoms with Crippen LogP contribution in [0.1, 0.15) is 28.9 Å². The van der Waals surface area contributed by atoms with Crippen LogP contribution in [0.5, 0.6) is 0 Å². The molecule has 3 aliphatic rings. The molecular weight excluding hydrogens is 298 g/mol. The van der Waals surface area contributed by atoms with Crippen molar-refractivity contribution in [1.82, 2.24) is 14.8 Å². The van der Waals surface area contributed by atoms with Crippen LogP contribution in [0.3, 0.4) is 0 Å². The molecule has 1 aromatic heterocycles. The number of benzene rings is 1. The molecule has 5 rings (SSSR count). The Morgan fingerprint density at radius 3 is 2.42 bits per heavy atom. The highest BCUT2D eigenvalue weighted by Gasteiger charge is 2.35. The number of aromatic nitrogens is 1. The molecule has 4 nitrogen and oxygen atoms in total. The minimum absolute atomic E-state index is 0.0506. The molecule has 0 radical (unpaired) electrons. The van der Waals surface area contributed by atoms with Gasteiger partial charge >= 0.3 is 0 Å². The van der Waals surface area contributed by atoms with Gasteiger partial charge < -0.3 is 14.8 Å². The molecule has 0 saturated carbocycles. The van der Waals surface area contributed by atoms with Crippen molar-refractivity contribution < 1.29 is 4.79 Å². The Morgan fingerprint density at radius 1 is 1.08 bits per heavy atom. The Bertz CT molecular complexity index is 739. The number of amides is 1. The first-order valence-corrected chi connectivity index (χ1v) is 8.88. The van der Waals surface area contributed by atoms with Crippen LogP contribution in [0.15, 0.2) is 36.4 Å². The lowest BCUT2D eigenvalue weighted by atomic mass is 9.84. The molecule has 3 aliphatic heterocycles. The van der Waals surface area contributed by atoms with Crippen molar-refractivity contribution in [2.24, 2.45) is 13.0 Å². The van der Waals surface area contributed by atoms with Crippen LogP contribution >= 0.6 is 0 Å². The van der Waals surface area contributed by atoms with E-state index in [4.69, 9.17) is 0 Å². The fourth-order valence-electron chi connectivity index (χ4n) is 4.12. The van der Waals surface area contributed by atoms with Crippen molar-refractivity contribution in [3.63, 3.8) is 0 Å². The smallest absolute Gasteiger partial charge is 0.268 e. The van der Waals surface area contributed by atoms with Gasteiger partial charge in [0.2, 0.25) is 0 Å². The van der Waals surface area contributed by atoms with E-state index >= 15 is 0 Å². The first kappa shape index (κ1) is 15.5. The number of piperidine rings is 3. The van der Waals surface area contributed by atoms with E-state index in [-0.39, 0.29) is 5.91 Å². The predicted octanol–water partition coefficient (Wildman–Crippen LogP) is 2.82. The van der Waals surface area contributed by atoms with Crippen molar-refractivity contribution in [2.45, 2.75) is 25.8 Å². The maximum atomic E-state index is 12.8. The van der Waals surface area contributed by atoms with Gasteiger partial charge in [0.05, 0.1) is 0 Å². The highest BCUT2D eigenvalue weighted by Crippen LogP contribution is 2.28. The average Bonchev–Trinajstić information content (AvgIpc) is 2.98. The molecule has 4 heteroatoms. The Balaban J connectivity index is 1.52. The summed E-state index contributed by atoms with van der Waals surface area (Å²) in [5.41, 5.74) is 4.20. The zero-order valence-corrected chi connectivity index (χ0v) is 14.5. The average molecular weight is 323 g/mol. The van der Waals surface area contributed by atoms with Crippen LogP contribution in [0.2, 0.25) is 0 Å².